The molecule has 0 aliphatic rings. The second-order valence-electron chi connectivity index (χ2n) is 9.97. The molecule has 0 fully saturated rings. The normalized spacial score (nSPS) is 12.5. The quantitative estimate of drug-likeness (QED) is 0.321. The molecule has 0 aromatic heterocycles. The van der Waals surface area contributed by atoms with Gasteiger partial charge in [0.2, 0.25) is 10.0 Å². The lowest BCUT2D eigenvalue weighted by atomic mass is 9.96. The lowest BCUT2D eigenvalue weighted by molar-refractivity contribution is -0.154. The van der Waals surface area contributed by atoms with Gasteiger partial charge in [0.15, 0.2) is 5.11 Å². The molecule has 192 valence electrons. The third kappa shape index (κ3) is 10.7. The number of ether oxygens (including phenoxy) is 1. The molecule has 2 aromatic carbocycles. The van der Waals surface area contributed by atoms with Crippen molar-refractivity contribution in [1.82, 2.24) is 10.6 Å². The predicted octanol–water partition coefficient (Wildman–Crippen LogP) is 4.09. The summed E-state index contributed by atoms with van der Waals surface area (Å²) < 4.78 is 30.7. The van der Waals surface area contributed by atoms with E-state index in [4.69, 9.17) is 17.0 Å². The van der Waals surface area contributed by atoms with Gasteiger partial charge in [0.1, 0.15) is 0 Å². The first-order valence-electron chi connectivity index (χ1n) is 11.5. The molecule has 1 atom stereocenters. The molecule has 0 spiro atoms. The molecule has 3 N–H and O–H groups in total. The van der Waals surface area contributed by atoms with E-state index < -0.39 is 15.4 Å². The monoisotopic (exact) mass is 519 g/mol. The van der Waals surface area contributed by atoms with Gasteiger partial charge in [0, 0.05) is 24.7 Å². The number of rotatable bonds is 10. The van der Waals surface area contributed by atoms with E-state index in [0.717, 1.165) is 18.2 Å². The van der Waals surface area contributed by atoms with Crippen LogP contribution in [-0.4, -0.2) is 38.9 Å². The van der Waals surface area contributed by atoms with Gasteiger partial charge in [-0.3, -0.25) is 9.52 Å². The molecule has 0 unspecified atom stereocenters. The van der Waals surface area contributed by atoms with Gasteiger partial charge in [-0.25, -0.2) is 8.42 Å². The summed E-state index contributed by atoms with van der Waals surface area (Å²) in [5.74, 6) is -0.179. The van der Waals surface area contributed by atoms with Gasteiger partial charge in [0.05, 0.1) is 18.3 Å². The lowest BCUT2D eigenvalue weighted by Gasteiger charge is -2.22. The van der Waals surface area contributed by atoms with Gasteiger partial charge in [0.25, 0.3) is 0 Å². The zero-order chi connectivity index (χ0) is 26.2. The minimum Gasteiger partial charge on any atom is -0.465 e. The van der Waals surface area contributed by atoms with Gasteiger partial charge in [-0.2, -0.15) is 0 Å². The van der Waals surface area contributed by atoms with Crippen molar-refractivity contribution in [1.29, 1.82) is 0 Å². The average Bonchev–Trinajstić information content (AvgIpc) is 2.75. The summed E-state index contributed by atoms with van der Waals surface area (Å²) in [4.78, 5) is 12.3. The van der Waals surface area contributed by atoms with E-state index in [1.54, 1.807) is 12.1 Å². The predicted molar refractivity (Wildman–Crippen MR) is 146 cm³/mol. The Morgan fingerprint density at radius 3 is 2.20 bits per heavy atom. The molecule has 0 radical (unpaired) electrons. The number of hydrogen-bond donors (Lipinski definition) is 3. The average molecular weight is 520 g/mol. The largest absolute Gasteiger partial charge is 0.465 e. The highest BCUT2D eigenvalue weighted by Gasteiger charge is 2.24. The van der Waals surface area contributed by atoms with Crippen LogP contribution in [0.4, 0.5) is 5.69 Å². The van der Waals surface area contributed by atoms with Crippen LogP contribution in [0.5, 0.6) is 0 Å². The van der Waals surface area contributed by atoms with Gasteiger partial charge in [-0.05, 0) is 87.6 Å². The van der Waals surface area contributed by atoms with Gasteiger partial charge < -0.3 is 15.4 Å². The fourth-order valence-corrected chi connectivity index (χ4v) is 3.97. The van der Waals surface area contributed by atoms with Crippen LogP contribution in [0.15, 0.2) is 42.5 Å². The van der Waals surface area contributed by atoms with Crippen LogP contribution in [0.25, 0.3) is 0 Å². The maximum Gasteiger partial charge on any atom is 0.311 e. The van der Waals surface area contributed by atoms with E-state index in [1.807, 2.05) is 32.9 Å². The molecule has 0 heterocycles. The summed E-state index contributed by atoms with van der Waals surface area (Å²) in [5, 5.41) is 6.90. The molecule has 9 heteroatoms. The number of hydrogen-bond acceptors (Lipinski definition) is 5. The van der Waals surface area contributed by atoms with Crippen molar-refractivity contribution in [3.8, 4) is 0 Å². The Labute approximate surface area is 215 Å². The smallest absolute Gasteiger partial charge is 0.311 e. The maximum absolute atomic E-state index is 12.3. The van der Waals surface area contributed by atoms with Crippen LogP contribution in [0.2, 0.25) is 0 Å². The first-order valence-corrected chi connectivity index (χ1v) is 13.8. The third-order valence-electron chi connectivity index (χ3n) is 5.42. The molecule has 2 rings (SSSR count). The Morgan fingerprint density at radius 2 is 1.63 bits per heavy atom. The zero-order valence-electron chi connectivity index (χ0n) is 21.4. The van der Waals surface area contributed by atoms with Gasteiger partial charge in [-0.1, -0.05) is 30.3 Å². The number of sulfonamides is 1. The van der Waals surface area contributed by atoms with Gasteiger partial charge >= 0.3 is 5.97 Å². The molecule has 0 saturated heterocycles. The minimum atomic E-state index is -3.30. The second-order valence-corrected chi connectivity index (χ2v) is 12.1. The van der Waals surface area contributed by atoms with Crippen molar-refractivity contribution >= 4 is 39.0 Å². The lowest BCUT2D eigenvalue weighted by Crippen LogP contribution is -2.39. The van der Waals surface area contributed by atoms with Crippen LogP contribution >= 0.6 is 12.2 Å². The van der Waals surface area contributed by atoms with Crippen molar-refractivity contribution < 1.29 is 17.9 Å². The van der Waals surface area contributed by atoms with Crippen molar-refractivity contribution in [3.05, 3.63) is 64.7 Å². The highest BCUT2D eigenvalue weighted by Crippen LogP contribution is 2.18. The van der Waals surface area contributed by atoms with E-state index in [0.29, 0.717) is 30.5 Å². The molecule has 0 aliphatic carbocycles. The summed E-state index contributed by atoms with van der Waals surface area (Å²) in [6.45, 7) is 11.0. The fourth-order valence-electron chi connectivity index (χ4n) is 3.25. The van der Waals surface area contributed by atoms with Crippen LogP contribution in [0.3, 0.4) is 0 Å². The number of thiocarbonyl (C=S) groups is 1. The van der Waals surface area contributed by atoms with E-state index in [9.17, 15) is 13.2 Å². The van der Waals surface area contributed by atoms with Crippen LogP contribution < -0.4 is 15.4 Å². The summed E-state index contributed by atoms with van der Waals surface area (Å²) >= 11 is 5.44. The summed E-state index contributed by atoms with van der Waals surface area (Å²) in [6.07, 6.45) is 1.87. The zero-order valence-corrected chi connectivity index (χ0v) is 23.0. The van der Waals surface area contributed by atoms with E-state index in [2.05, 4.69) is 47.4 Å². The minimum absolute atomic E-state index is 0.0458. The van der Waals surface area contributed by atoms with Gasteiger partial charge in [-0.15, -0.1) is 0 Å². The molecule has 7 nitrogen and oxygen atoms in total. The van der Waals surface area contributed by atoms with Crippen molar-refractivity contribution in [2.24, 2.45) is 11.3 Å². The first-order chi connectivity index (χ1) is 16.2. The first kappa shape index (κ1) is 28.6. The molecule has 0 bridgehead atoms. The molecule has 0 saturated carbocycles. The molecular formula is C26H37N3O4S2. The molecule has 35 heavy (non-hydrogen) atoms. The van der Waals surface area contributed by atoms with E-state index in [1.165, 1.54) is 16.7 Å². The van der Waals surface area contributed by atoms with Crippen LogP contribution in [0, 0.1) is 25.2 Å². The molecular weight excluding hydrogens is 482 g/mol. The molecule has 0 amide bonds. The third-order valence-corrected chi connectivity index (χ3v) is 6.31. The Balaban J connectivity index is 1.93. The van der Waals surface area contributed by atoms with Crippen molar-refractivity contribution in [2.45, 2.75) is 47.6 Å². The summed E-state index contributed by atoms with van der Waals surface area (Å²) in [5.41, 5.74) is 4.58. The highest BCUT2D eigenvalue weighted by atomic mass is 32.2. The van der Waals surface area contributed by atoms with E-state index >= 15 is 0 Å². The standard InChI is InChI=1S/C26H37N3O4S2/c1-18-7-8-21(13-19(18)2)14-22(17-33-24(30)26(3,4)5)16-28-25(34)27-15-20-9-11-23(12-10-20)29-35(6,31)32/h7-13,22,29H,14-17H2,1-6H3,(H2,27,28,34)/t22-/m1/s1. The Bertz CT molecular complexity index is 1120. The summed E-state index contributed by atoms with van der Waals surface area (Å²) in [6, 6.07) is 13.5. The SMILES string of the molecule is Cc1ccc(C[C@H](CNC(=S)NCc2ccc(NS(C)(=O)=O)cc2)COC(=O)C(C)(C)C)cc1C. The topological polar surface area (TPSA) is 96.5 Å². The fraction of sp³-hybridized carbons (Fsp3) is 0.462. The highest BCUT2D eigenvalue weighted by molar-refractivity contribution is 7.92. The Hall–Kier alpha value is -2.65. The van der Waals surface area contributed by atoms with Crippen molar-refractivity contribution in [2.75, 3.05) is 24.1 Å². The molecule has 0 aliphatic heterocycles. The number of esters is 1. The molecule has 2 aromatic rings. The van der Waals surface area contributed by atoms with Crippen LogP contribution in [0.1, 0.15) is 43.0 Å². The van der Waals surface area contributed by atoms with Crippen LogP contribution in [-0.2, 0) is 32.5 Å². The number of benzene rings is 2. The number of aryl methyl sites for hydroxylation is 2. The second kappa shape index (κ2) is 12.4. The maximum atomic E-state index is 12.3. The van der Waals surface area contributed by atoms with E-state index in [-0.39, 0.29) is 11.9 Å². The number of carbonyl (C=O) groups is 1. The van der Waals surface area contributed by atoms with Crippen molar-refractivity contribution in [3.63, 3.8) is 0 Å². The Kier molecular flexibility index (Phi) is 10.1. The summed E-state index contributed by atoms with van der Waals surface area (Å²) in [7, 11) is -3.30. The number of nitrogens with one attached hydrogen (secondary N) is 3. The number of carbonyl (C=O) groups excluding carboxylic acids is 1. The number of anilines is 1. The Morgan fingerprint density at radius 1 is 1.00 bits per heavy atom.